The molecule has 0 spiro atoms. The van der Waals surface area contributed by atoms with E-state index in [0.29, 0.717) is 0 Å². The number of ether oxygens (including phenoxy) is 2. The zero-order valence-corrected chi connectivity index (χ0v) is 10.1. The lowest BCUT2D eigenvalue weighted by atomic mass is 10.2. The van der Waals surface area contributed by atoms with E-state index < -0.39 is 43.4 Å². The van der Waals surface area contributed by atoms with E-state index in [1.165, 1.54) is 6.92 Å². The van der Waals surface area contributed by atoms with Crippen LogP contribution in [0.1, 0.15) is 6.92 Å². The van der Waals surface area contributed by atoms with E-state index in [-0.39, 0.29) is 5.57 Å². The Labute approximate surface area is 109 Å². The third-order valence-corrected chi connectivity index (χ3v) is 1.85. The van der Waals surface area contributed by atoms with Crippen molar-refractivity contribution in [1.82, 2.24) is 0 Å². The first kappa shape index (κ1) is 18.3. The van der Waals surface area contributed by atoms with Crippen molar-refractivity contribution >= 4 is 11.9 Å². The zero-order chi connectivity index (χ0) is 16.1. The molecule has 0 aromatic carbocycles. The van der Waals surface area contributed by atoms with Crippen molar-refractivity contribution in [2.45, 2.75) is 25.2 Å². The second-order valence-electron chi connectivity index (χ2n) is 3.55. The minimum Gasteiger partial charge on any atom is -0.459 e. The first-order valence-corrected chi connectivity index (χ1v) is 4.98. The van der Waals surface area contributed by atoms with Crippen LogP contribution in [0.3, 0.4) is 0 Å². The van der Waals surface area contributed by atoms with Gasteiger partial charge in [-0.1, -0.05) is 6.58 Å². The van der Waals surface area contributed by atoms with Crippen molar-refractivity contribution in [2.24, 2.45) is 0 Å². The summed E-state index contributed by atoms with van der Waals surface area (Å²) in [6.45, 7) is 2.74. The number of halogens is 6. The summed E-state index contributed by atoms with van der Waals surface area (Å²) in [5, 5.41) is 0. The quantitative estimate of drug-likeness (QED) is 0.313. The SMILES string of the molecule is C=C(C)C(=O)OCCOC(=O)C(F)(F)C(F)(F)C(F)F. The lowest BCUT2D eigenvalue weighted by Gasteiger charge is -2.23. The molecule has 116 valence electrons. The number of alkyl halides is 6. The number of rotatable bonds is 7. The van der Waals surface area contributed by atoms with E-state index in [1.54, 1.807) is 0 Å². The normalized spacial score (nSPS) is 12.2. The number of hydrogen-bond acceptors (Lipinski definition) is 4. The highest BCUT2D eigenvalue weighted by molar-refractivity contribution is 5.86. The van der Waals surface area contributed by atoms with E-state index in [2.05, 4.69) is 16.1 Å². The van der Waals surface area contributed by atoms with Crippen LogP contribution in [0.4, 0.5) is 26.3 Å². The fourth-order valence-corrected chi connectivity index (χ4v) is 0.756. The molecule has 0 rings (SSSR count). The summed E-state index contributed by atoms with van der Waals surface area (Å²) in [5.41, 5.74) is -0.0362. The van der Waals surface area contributed by atoms with Gasteiger partial charge >= 0.3 is 30.2 Å². The predicted octanol–water partition coefficient (Wildman–Crippen LogP) is 2.18. The highest BCUT2D eigenvalue weighted by Gasteiger charge is 2.68. The summed E-state index contributed by atoms with van der Waals surface area (Å²) in [6.07, 6.45) is -4.74. The van der Waals surface area contributed by atoms with E-state index >= 15 is 0 Å². The summed E-state index contributed by atoms with van der Waals surface area (Å²) in [7, 11) is 0. The van der Waals surface area contributed by atoms with Gasteiger partial charge < -0.3 is 9.47 Å². The Hall–Kier alpha value is -1.74. The minimum atomic E-state index is -5.86. The maximum Gasteiger partial charge on any atom is 0.410 e. The van der Waals surface area contributed by atoms with Gasteiger partial charge in [-0.05, 0) is 6.92 Å². The maximum absolute atomic E-state index is 12.7. The van der Waals surface area contributed by atoms with Crippen molar-refractivity contribution < 1.29 is 45.4 Å². The van der Waals surface area contributed by atoms with Crippen LogP contribution in [0.2, 0.25) is 0 Å². The van der Waals surface area contributed by atoms with Crippen LogP contribution < -0.4 is 0 Å². The molecule has 0 aliphatic rings. The van der Waals surface area contributed by atoms with Gasteiger partial charge in [0.25, 0.3) is 0 Å². The maximum atomic E-state index is 12.7. The summed E-state index contributed by atoms with van der Waals surface area (Å²) >= 11 is 0. The molecule has 0 bridgehead atoms. The summed E-state index contributed by atoms with van der Waals surface area (Å²) < 4.78 is 81.7. The van der Waals surface area contributed by atoms with E-state index in [1.807, 2.05) is 0 Å². The molecule has 0 N–H and O–H groups in total. The molecule has 0 unspecified atom stereocenters. The molecule has 0 amide bonds. The monoisotopic (exact) mass is 308 g/mol. The predicted molar refractivity (Wildman–Crippen MR) is 52.6 cm³/mol. The van der Waals surface area contributed by atoms with Crippen molar-refractivity contribution in [1.29, 1.82) is 0 Å². The Morgan fingerprint density at radius 2 is 1.55 bits per heavy atom. The molecule has 0 aromatic heterocycles. The Bertz CT molecular complexity index is 393. The molecular weight excluding hydrogens is 298 g/mol. The topological polar surface area (TPSA) is 52.6 Å². The van der Waals surface area contributed by atoms with Crippen LogP contribution in [0.15, 0.2) is 12.2 Å². The highest BCUT2D eigenvalue weighted by atomic mass is 19.3. The molecule has 0 saturated carbocycles. The third-order valence-electron chi connectivity index (χ3n) is 1.85. The average Bonchev–Trinajstić information content (AvgIpc) is 2.33. The molecule has 0 atom stereocenters. The van der Waals surface area contributed by atoms with Crippen molar-refractivity contribution in [3.8, 4) is 0 Å². The van der Waals surface area contributed by atoms with Gasteiger partial charge in [-0.2, -0.15) is 17.6 Å². The van der Waals surface area contributed by atoms with Gasteiger partial charge in [0.1, 0.15) is 13.2 Å². The number of carbonyl (C=O) groups excluding carboxylic acids is 2. The molecule has 0 aromatic rings. The van der Waals surface area contributed by atoms with Gasteiger partial charge in [0.05, 0.1) is 0 Å². The first-order chi connectivity index (χ1) is 8.94. The van der Waals surface area contributed by atoms with Gasteiger partial charge in [-0.3, -0.25) is 0 Å². The zero-order valence-electron chi connectivity index (χ0n) is 10.1. The minimum absolute atomic E-state index is 0.0362. The Kier molecular flexibility index (Phi) is 6.04. The number of esters is 2. The van der Waals surface area contributed by atoms with Crippen LogP contribution in [0.5, 0.6) is 0 Å². The van der Waals surface area contributed by atoms with E-state index in [0.717, 1.165) is 0 Å². The Morgan fingerprint density at radius 3 is 1.95 bits per heavy atom. The highest BCUT2D eigenvalue weighted by Crippen LogP contribution is 2.39. The van der Waals surface area contributed by atoms with Gasteiger partial charge in [0.2, 0.25) is 0 Å². The van der Waals surface area contributed by atoms with Crippen LogP contribution in [0.25, 0.3) is 0 Å². The van der Waals surface area contributed by atoms with Crippen LogP contribution >= 0.6 is 0 Å². The average molecular weight is 308 g/mol. The third kappa shape index (κ3) is 4.14. The van der Waals surface area contributed by atoms with Crippen molar-refractivity contribution in [2.75, 3.05) is 13.2 Å². The summed E-state index contributed by atoms with van der Waals surface area (Å²) in [5.74, 6) is -15.3. The van der Waals surface area contributed by atoms with Gasteiger partial charge in [0, 0.05) is 5.57 Å². The largest absolute Gasteiger partial charge is 0.459 e. The summed E-state index contributed by atoms with van der Waals surface area (Å²) in [6, 6.07) is 0. The molecule has 0 saturated heterocycles. The second kappa shape index (κ2) is 6.62. The molecule has 20 heavy (non-hydrogen) atoms. The second-order valence-corrected chi connectivity index (χ2v) is 3.55. The van der Waals surface area contributed by atoms with Crippen LogP contribution in [-0.2, 0) is 19.1 Å². The first-order valence-electron chi connectivity index (χ1n) is 4.98. The lowest BCUT2D eigenvalue weighted by molar-refractivity contribution is -0.266. The summed E-state index contributed by atoms with van der Waals surface area (Å²) in [4.78, 5) is 21.5. The Morgan fingerprint density at radius 1 is 1.10 bits per heavy atom. The van der Waals surface area contributed by atoms with E-state index in [4.69, 9.17) is 0 Å². The molecule has 0 aliphatic carbocycles. The Balaban J connectivity index is 4.41. The van der Waals surface area contributed by atoms with E-state index in [9.17, 15) is 35.9 Å². The van der Waals surface area contributed by atoms with Crippen LogP contribution in [-0.4, -0.2) is 43.4 Å². The van der Waals surface area contributed by atoms with Gasteiger partial charge in [-0.15, -0.1) is 0 Å². The number of hydrogen-bond donors (Lipinski definition) is 0. The van der Waals surface area contributed by atoms with Gasteiger partial charge in [0.15, 0.2) is 0 Å². The standard InChI is InChI=1S/C10H10F6O4/c1-5(2)6(17)19-3-4-20-8(18)10(15,16)9(13,14)7(11)12/h7H,1,3-4H2,2H3. The molecule has 4 nitrogen and oxygen atoms in total. The molecular formula is C10H10F6O4. The molecule has 0 fully saturated rings. The fourth-order valence-electron chi connectivity index (χ4n) is 0.756. The lowest BCUT2D eigenvalue weighted by Crippen LogP contribution is -2.52. The van der Waals surface area contributed by atoms with Crippen LogP contribution in [0, 0.1) is 0 Å². The fraction of sp³-hybridized carbons (Fsp3) is 0.600. The molecule has 10 heteroatoms. The smallest absolute Gasteiger partial charge is 0.410 e. The number of carbonyl (C=O) groups is 2. The molecule has 0 heterocycles. The van der Waals surface area contributed by atoms with Crippen molar-refractivity contribution in [3.63, 3.8) is 0 Å². The molecule has 0 aliphatic heterocycles. The molecule has 0 radical (unpaired) electrons. The van der Waals surface area contributed by atoms with Crippen molar-refractivity contribution in [3.05, 3.63) is 12.2 Å². The van der Waals surface area contributed by atoms with Gasteiger partial charge in [-0.25, -0.2) is 18.4 Å².